The third-order valence-corrected chi connectivity index (χ3v) is 7.30. The van der Waals surface area contributed by atoms with Crippen LogP contribution in [-0.4, -0.2) is 79.8 Å². The molecule has 10 heteroatoms. The average molecular weight is 461 g/mol. The van der Waals surface area contributed by atoms with Gasteiger partial charge in [-0.2, -0.15) is 0 Å². The normalized spacial score (nSPS) is 24.9. The summed E-state index contributed by atoms with van der Waals surface area (Å²) in [5.74, 6) is -2.45. The third-order valence-electron chi connectivity index (χ3n) is 5.74. The van der Waals surface area contributed by atoms with Crippen molar-refractivity contribution in [2.45, 2.75) is 49.0 Å². The smallest absolute Gasteiger partial charge is 0.327 e. The Morgan fingerprint density at radius 3 is 2.34 bits per heavy atom. The molecule has 3 N–H and O–H groups in total. The topological polar surface area (TPSA) is 124 Å². The Balaban J connectivity index is 2.01. The number of benzene rings is 1. The summed E-state index contributed by atoms with van der Waals surface area (Å²) in [6, 6.07) is 5.75. The number of aliphatic carboxylic acids is 1. The first-order chi connectivity index (χ1) is 14.9. The van der Waals surface area contributed by atoms with Crippen LogP contribution < -0.4 is 5.73 Å². The van der Waals surface area contributed by atoms with Crippen LogP contribution in [0.2, 0.25) is 0 Å². The summed E-state index contributed by atoms with van der Waals surface area (Å²) in [5.41, 5.74) is 7.10. The Morgan fingerprint density at radius 1 is 1.22 bits per heavy atom. The predicted octanol–water partition coefficient (Wildman–Crippen LogP) is 1.02. The van der Waals surface area contributed by atoms with E-state index < -0.39 is 46.0 Å². The molecule has 2 aliphatic heterocycles. The maximum atomic E-state index is 13.5. The van der Waals surface area contributed by atoms with Gasteiger partial charge >= 0.3 is 5.97 Å². The summed E-state index contributed by atoms with van der Waals surface area (Å²) in [6.07, 6.45) is 1.28. The van der Waals surface area contributed by atoms with E-state index in [1.54, 1.807) is 65.2 Å². The summed E-state index contributed by atoms with van der Waals surface area (Å²) in [5, 5.41) is 9.13. The van der Waals surface area contributed by atoms with Gasteiger partial charge in [0.15, 0.2) is 0 Å². The SMILES string of the molecule is CC(=CC(=O)N(C)C)N(C(=O)C(N)c1ccccc1)[C@@H]1C(=O)N2[C@@H]1SC(C)(C)[C@@H]2C(=O)O. The molecule has 2 heterocycles. The lowest BCUT2D eigenvalue weighted by Crippen LogP contribution is -2.71. The standard InChI is InChI=1S/C22H28N4O5S/c1-12(11-14(27)24(4)5)25(18(28)15(23)13-9-7-6-8-10-13)16-19(29)26-17(21(30)31)22(2,3)32-20(16)26/h6-11,15-17,20H,23H2,1-5H3,(H,30,31)/t15?,16-,17+,20-/m1/s1. The van der Waals surface area contributed by atoms with Crippen molar-refractivity contribution >= 4 is 35.5 Å². The van der Waals surface area contributed by atoms with Crippen LogP contribution in [0.5, 0.6) is 0 Å². The van der Waals surface area contributed by atoms with E-state index >= 15 is 0 Å². The highest BCUT2D eigenvalue weighted by Gasteiger charge is 2.66. The second-order valence-electron chi connectivity index (χ2n) is 8.66. The maximum absolute atomic E-state index is 13.5. The molecule has 1 unspecified atom stereocenters. The van der Waals surface area contributed by atoms with E-state index in [0.29, 0.717) is 5.56 Å². The number of hydrogen-bond acceptors (Lipinski definition) is 6. The zero-order chi connectivity index (χ0) is 24.0. The highest BCUT2D eigenvalue weighted by Crippen LogP contribution is 2.52. The van der Waals surface area contributed by atoms with Gasteiger partial charge in [-0.3, -0.25) is 19.3 Å². The minimum Gasteiger partial charge on any atom is -0.480 e. The Kier molecular flexibility index (Phi) is 6.39. The van der Waals surface area contributed by atoms with Crippen molar-refractivity contribution in [3.05, 3.63) is 47.7 Å². The van der Waals surface area contributed by atoms with Crippen LogP contribution in [0.1, 0.15) is 32.4 Å². The van der Waals surface area contributed by atoms with Crippen molar-refractivity contribution < 1.29 is 24.3 Å². The molecule has 2 saturated heterocycles. The van der Waals surface area contributed by atoms with Crippen molar-refractivity contribution in [1.82, 2.24) is 14.7 Å². The maximum Gasteiger partial charge on any atom is 0.327 e. The van der Waals surface area contributed by atoms with Crippen LogP contribution in [-0.2, 0) is 19.2 Å². The number of carbonyl (C=O) groups excluding carboxylic acids is 3. The van der Waals surface area contributed by atoms with Gasteiger partial charge in [0.05, 0.1) is 0 Å². The molecule has 172 valence electrons. The molecule has 0 radical (unpaired) electrons. The first-order valence-corrected chi connectivity index (χ1v) is 11.0. The van der Waals surface area contributed by atoms with E-state index in [1.165, 1.54) is 32.5 Å². The first-order valence-electron chi connectivity index (χ1n) is 10.1. The third kappa shape index (κ3) is 4.00. The number of hydrogen-bond donors (Lipinski definition) is 2. The van der Waals surface area contributed by atoms with E-state index in [1.807, 2.05) is 0 Å². The Bertz CT molecular complexity index is 978. The summed E-state index contributed by atoms with van der Waals surface area (Å²) in [6.45, 7) is 5.10. The quantitative estimate of drug-likeness (QED) is 0.480. The second-order valence-corrected chi connectivity index (χ2v) is 10.4. The van der Waals surface area contributed by atoms with E-state index in [9.17, 15) is 24.3 Å². The summed E-state index contributed by atoms with van der Waals surface area (Å²) < 4.78 is -0.742. The van der Waals surface area contributed by atoms with Gasteiger partial charge in [0.25, 0.3) is 5.91 Å². The molecular formula is C22H28N4O5S. The molecule has 2 aliphatic rings. The Hall–Kier alpha value is -2.85. The fourth-order valence-corrected chi connectivity index (χ4v) is 5.76. The van der Waals surface area contributed by atoms with Crippen LogP contribution in [0.4, 0.5) is 0 Å². The molecule has 9 nitrogen and oxygen atoms in total. The van der Waals surface area contributed by atoms with Gasteiger partial charge in [-0.05, 0) is 26.3 Å². The molecule has 32 heavy (non-hydrogen) atoms. The van der Waals surface area contributed by atoms with Gasteiger partial charge in [0.1, 0.15) is 23.5 Å². The van der Waals surface area contributed by atoms with Gasteiger partial charge in [-0.15, -0.1) is 11.8 Å². The van der Waals surface area contributed by atoms with Gasteiger partial charge < -0.3 is 20.6 Å². The number of allylic oxidation sites excluding steroid dienone is 1. The number of amides is 3. The van der Waals surface area contributed by atoms with Crippen LogP contribution in [0.3, 0.4) is 0 Å². The molecule has 3 amide bonds. The zero-order valence-electron chi connectivity index (χ0n) is 18.7. The van der Waals surface area contributed by atoms with Crippen LogP contribution in [0.15, 0.2) is 42.1 Å². The van der Waals surface area contributed by atoms with E-state index in [-0.39, 0.29) is 11.6 Å². The van der Waals surface area contributed by atoms with Gasteiger partial charge in [-0.25, -0.2) is 4.79 Å². The molecule has 2 fully saturated rings. The number of thioether (sulfide) groups is 1. The van der Waals surface area contributed by atoms with Gasteiger partial charge in [-0.1, -0.05) is 30.3 Å². The lowest BCUT2D eigenvalue weighted by molar-refractivity contribution is -0.167. The monoisotopic (exact) mass is 460 g/mol. The molecule has 0 spiro atoms. The second kappa shape index (κ2) is 8.59. The van der Waals surface area contributed by atoms with Crippen molar-refractivity contribution in [1.29, 1.82) is 0 Å². The number of β-lactam (4-membered cyclic amide) rings is 1. The van der Waals surface area contributed by atoms with Crippen LogP contribution >= 0.6 is 11.8 Å². The number of fused-ring (bicyclic) bond motifs is 1. The Morgan fingerprint density at radius 2 is 1.81 bits per heavy atom. The summed E-state index contributed by atoms with van der Waals surface area (Å²) in [4.78, 5) is 54.8. The molecule has 0 aromatic heterocycles. The molecular weight excluding hydrogens is 432 g/mol. The van der Waals surface area contributed by atoms with E-state index in [0.717, 1.165) is 0 Å². The lowest BCUT2D eigenvalue weighted by atomic mass is 9.94. The lowest BCUT2D eigenvalue weighted by Gasteiger charge is -2.48. The van der Waals surface area contributed by atoms with Crippen molar-refractivity contribution in [2.24, 2.45) is 5.73 Å². The molecule has 0 saturated carbocycles. The highest BCUT2D eigenvalue weighted by molar-refractivity contribution is 8.01. The molecule has 1 aromatic rings. The zero-order valence-corrected chi connectivity index (χ0v) is 19.5. The van der Waals surface area contributed by atoms with Gasteiger partial charge in [0, 0.05) is 30.6 Å². The Labute approximate surface area is 191 Å². The molecule has 0 bridgehead atoms. The molecule has 4 atom stereocenters. The van der Waals surface area contributed by atoms with Crippen molar-refractivity contribution in [2.75, 3.05) is 14.1 Å². The number of rotatable bonds is 6. The summed E-state index contributed by atoms with van der Waals surface area (Å²) >= 11 is 1.33. The number of nitrogens with two attached hydrogens (primary N) is 1. The number of carbonyl (C=O) groups is 4. The molecule has 1 aromatic carbocycles. The summed E-state index contributed by atoms with van der Waals surface area (Å²) in [7, 11) is 3.16. The highest BCUT2D eigenvalue weighted by atomic mass is 32.2. The number of carboxylic acids is 1. The fraction of sp³-hybridized carbons (Fsp3) is 0.455. The average Bonchev–Trinajstić information content (AvgIpc) is 2.98. The first kappa shape index (κ1) is 23.8. The molecule has 3 rings (SSSR count). The largest absolute Gasteiger partial charge is 0.480 e. The van der Waals surface area contributed by atoms with Crippen molar-refractivity contribution in [3.8, 4) is 0 Å². The van der Waals surface area contributed by atoms with E-state index in [2.05, 4.69) is 0 Å². The number of likely N-dealkylation sites (N-methyl/N-ethyl adjacent to an activating group) is 1. The number of carboxylic acid groups (broad SMARTS) is 1. The minimum absolute atomic E-state index is 0.273. The number of nitrogens with zero attached hydrogens (tertiary/aromatic N) is 3. The van der Waals surface area contributed by atoms with Crippen LogP contribution in [0.25, 0.3) is 0 Å². The van der Waals surface area contributed by atoms with Crippen molar-refractivity contribution in [3.63, 3.8) is 0 Å². The van der Waals surface area contributed by atoms with E-state index in [4.69, 9.17) is 5.73 Å². The fourth-order valence-electron chi connectivity index (χ4n) is 4.09. The van der Waals surface area contributed by atoms with Gasteiger partial charge in [0.2, 0.25) is 11.8 Å². The van der Waals surface area contributed by atoms with Crippen LogP contribution in [0, 0.1) is 0 Å². The molecule has 0 aliphatic carbocycles. The predicted molar refractivity (Wildman–Crippen MR) is 120 cm³/mol. The minimum atomic E-state index is -1.09.